The maximum Gasteiger partial charge on any atom is 0.416 e. The van der Waals surface area contributed by atoms with Gasteiger partial charge in [-0.1, -0.05) is 18.2 Å². The Kier molecular flexibility index (Phi) is 5.95. The first kappa shape index (κ1) is 21.3. The number of aromatic nitrogens is 1. The standard InChI is InChI=1S/C22H20F3N3O2S/c1-30-19-7-3-6-16-17(26-15-5-2-4-14(12-15)22(23,24)25)13-18(27-20(16)19)21(29)28-8-10-31-11-9-28/h2-7,12-13H,8-11H2,1H3,(H,26,27). The van der Waals surface area contributed by atoms with Crippen molar-refractivity contribution in [2.24, 2.45) is 0 Å². The second-order valence-electron chi connectivity index (χ2n) is 7.02. The van der Waals surface area contributed by atoms with Crippen molar-refractivity contribution in [3.63, 3.8) is 0 Å². The molecule has 1 amide bonds. The predicted molar refractivity (Wildman–Crippen MR) is 116 cm³/mol. The Morgan fingerprint density at radius 3 is 2.58 bits per heavy atom. The number of fused-ring (bicyclic) bond motifs is 1. The maximum atomic E-state index is 13.1. The molecule has 1 aliphatic heterocycles. The number of carbonyl (C=O) groups is 1. The SMILES string of the molecule is COc1cccc2c(Nc3cccc(C(F)(F)F)c3)cc(C(=O)N3CCSCC3)nc12. The van der Waals surface area contributed by atoms with Crippen molar-refractivity contribution in [3.8, 4) is 5.75 Å². The van der Waals surface area contributed by atoms with E-state index < -0.39 is 11.7 Å². The number of hydrogen-bond acceptors (Lipinski definition) is 5. The summed E-state index contributed by atoms with van der Waals surface area (Å²) in [5.74, 6) is 1.99. The van der Waals surface area contributed by atoms with Gasteiger partial charge < -0.3 is 15.0 Å². The average Bonchev–Trinajstić information content (AvgIpc) is 2.78. The number of rotatable bonds is 4. The summed E-state index contributed by atoms with van der Waals surface area (Å²) < 4.78 is 44.8. The zero-order chi connectivity index (χ0) is 22.0. The highest BCUT2D eigenvalue weighted by atomic mass is 32.2. The van der Waals surface area contributed by atoms with Crippen LogP contribution in [0.1, 0.15) is 16.1 Å². The molecule has 0 atom stereocenters. The van der Waals surface area contributed by atoms with E-state index in [2.05, 4.69) is 10.3 Å². The fourth-order valence-electron chi connectivity index (χ4n) is 3.46. The third-order valence-corrected chi connectivity index (χ3v) is 5.95. The number of ether oxygens (including phenoxy) is 1. The number of nitrogens with one attached hydrogen (secondary N) is 1. The monoisotopic (exact) mass is 447 g/mol. The van der Waals surface area contributed by atoms with E-state index in [1.807, 2.05) is 0 Å². The second kappa shape index (κ2) is 8.66. The van der Waals surface area contributed by atoms with E-state index in [1.54, 1.807) is 47.0 Å². The summed E-state index contributed by atoms with van der Waals surface area (Å²) in [5, 5.41) is 3.68. The van der Waals surface area contributed by atoms with Crippen LogP contribution in [0.25, 0.3) is 10.9 Å². The van der Waals surface area contributed by atoms with Crippen LogP contribution in [-0.2, 0) is 6.18 Å². The quantitative estimate of drug-likeness (QED) is 0.596. The largest absolute Gasteiger partial charge is 0.494 e. The molecule has 0 spiro atoms. The summed E-state index contributed by atoms with van der Waals surface area (Å²) in [4.78, 5) is 19.4. The minimum absolute atomic E-state index is 0.208. The Labute approximate surface area is 181 Å². The summed E-state index contributed by atoms with van der Waals surface area (Å²) in [5.41, 5.74) is 0.682. The molecular weight excluding hydrogens is 427 g/mol. The lowest BCUT2D eigenvalue weighted by molar-refractivity contribution is -0.137. The molecule has 2 heterocycles. The number of methoxy groups -OCH3 is 1. The molecule has 3 aromatic rings. The molecule has 0 unspecified atom stereocenters. The molecule has 162 valence electrons. The van der Waals surface area contributed by atoms with Crippen LogP contribution in [0, 0.1) is 0 Å². The van der Waals surface area contributed by atoms with Crippen LogP contribution < -0.4 is 10.1 Å². The van der Waals surface area contributed by atoms with Crippen molar-refractivity contribution in [2.45, 2.75) is 6.18 Å². The Morgan fingerprint density at radius 2 is 1.87 bits per heavy atom. The first-order valence-corrected chi connectivity index (χ1v) is 10.8. The zero-order valence-corrected chi connectivity index (χ0v) is 17.5. The van der Waals surface area contributed by atoms with E-state index in [-0.39, 0.29) is 17.3 Å². The van der Waals surface area contributed by atoms with Gasteiger partial charge in [-0.2, -0.15) is 24.9 Å². The molecule has 0 radical (unpaired) electrons. The van der Waals surface area contributed by atoms with Crippen LogP contribution in [-0.4, -0.2) is 47.5 Å². The van der Waals surface area contributed by atoms with E-state index in [0.29, 0.717) is 35.4 Å². The van der Waals surface area contributed by atoms with Crippen molar-refractivity contribution in [2.75, 3.05) is 37.0 Å². The smallest absolute Gasteiger partial charge is 0.416 e. The number of anilines is 2. The average molecular weight is 447 g/mol. The third-order valence-electron chi connectivity index (χ3n) is 5.01. The zero-order valence-electron chi connectivity index (χ0n) is 16.7. The molecule has 31 heavy (non-hydrogen) atoms. The van der Waals surface area contributed by atoms with E-state index >= 15 is 0 Å². The van der Waals surface area contributed by atoms with Gasteiger partial charge >= 0.3 is 6.18 Å². The number of hydrogen-bond donors (Lipinski definition) is 1. The van der Waals surface area contributed by atoms with Gasteiger partial charge in [0.25, 0.3) is 5.91 Å². The summed E-state index contributed by atoms with van der Waals surface area (Å²) in [6.45, 7) is 1.26. The van der Waals surface area contributed by atoms with Crippen LogP contribution in [0.5, 0.6) is 5.75 Å². The molecule has 5 nitrogen and oxygen atoms in total. The summed E-state index contributed by atoms with van der Waals surface area (Å²) in [6, 6.07) is 11.8. The van der Waals surface area contributed by atoms with E-state index in [4.69, 9.17) is 4.74 Å². The van der Waals surface area contributed by atoms with Gasteiger partial charge in [0.2, 0.25) is 0 Å². The molecule has 1 fully saturated rings. The number of pyridine rings is 1. The Morgan fingerprint density at radius 1 is 1.13 bits per heavy atom. The van der Waals surface area contributed by atoms with Crippen LogP contribution in [0.15, 0.2) is 48.5 Å². The minimum atomic E-state index is -4.45. The van der Waals surface area contributed by atoms with Crippen LogP contribution in [0.3, 0.4) is 0 Å². The molecule has 2 aromatic carbocycles. The molecule has 4 rings (SSSR count). The number of nitrogens with zero attached hydrogens (tertiary/aromatic N) is 2. The summed E-state index contributed by atoms with van der Waals surface area (Å²) in [7, 11) is 1.51. The normalized spacial score (nSPS) is 14.5. The van der Waals surface area contributed by atoms with Crippen LogP contribution in [0.4, 0.5) is 24.5 Å². The predicted octanol–water partition coefficient (Wildman–Crippen LogP) is 5.19. The molecule has 1 aromatic heterocycles. The summed E-state index contributed by atoms with van der Waals surface area (Å²) >= 11 is 1.79. The molecule has 1 aliphatic rings. The van der Waals surface area contributed by atoms with Crippen molar-refractivity contribution < 1.29 is 22.7 Å². The number of amides is 1. The molecule has 1 saturated heterocycles. The lowest BCUT2D eigenvalue weighted by Crippen LogP contribution is -2.38. The molecule has 1 N–H and O–H groups in total. The van der Waals surface area contributed by atoms with E-state index in [0.717, 1.165) is 23.6 Å². The fraction of sp³-hybridized carbons (Fsp3) is 0.273. The fourth-order valence-corrected chi connectivity index (χ4v) is 4.36. The minimum Gasteiger partial charge on any atom is -0.494 e. The lowest BCUT2D eigenvalue weighted by atomic mass is 10.1. The Hall–Kier alpha value is -2.94. The molecule has 0 bridgehead atoms. The highest BCUT2D eigenvalue weighted by Crippen LogP contribution is 2.35. The molecule has 9 heteroatoms. The van der Waals surface area contributed by atoms with Gasteiger partial charge in [-0.15, -0.1) is 0 Å². The van der Waals surface area contributed by atoms with Crippen molar-refractivity contribution in [3.05, 3.63) is 59.8 Å². The van der Waals surface area contributed by atoms with Gasteiger partial charge in [0.05, 0.1) is 18.4 Å². The first-order valence-electron chi connectivity index (χ1n) is 9.66. The number of thioether (sulfide) groups is 1. The lowest BCUT2D eigenvalue weighted by Gasteiger charge is -2.26. The molecule has 0 saturated carbocycles. The Balaban J connectivity index is 1.79. The maximum absolute atomic E-state index is 13.1. The first-order chi connectivity index (χ1) is 14.9. The van der Waals surface area contributed by atoms with Gasteiger partial charge in [0, 0.05) is 35.7 Å². The number of halogens is 3. The number of alkyl halides is 3. The second-order valence-corrected chi connectivity index (χ2v) is 8.24. The Bertz CT molecular complexity index is 1110. The third kappa shape index (κ3) is 4.56. The van der Waals surface area contributed by atoms with Gasteiger partial charge in [-0.25, -0.2) is 4.98 Å². The van der Waals surface area contributed by atoms with Crippen molar-refractivity contribution >= 4 is 39.9 Å². The van der Waals surface area contributed by atoms with Crippen molar-refractivity contribution in [1.82, 2.24) is 9.88 Å². The van der Waals surface area contributed by atoms with Crippen molar-refractivity contribution in [1.29, 1.82) is 0 Å². The van der Waals surface area contributed by atoms with Crippen LogP contribution in [0.2, 0.25) is 0 Å². The molecular formula is C22H20F3N3O2S. The van der Waals surface area contributed by atoms with Gasteiger partial charge in [0.15, 0.2) is 0 Å². The number of benzene rings is 2. The molecule has 0 aliphatic carbocycles. The topological polar surface area (TPSA) is 54.5 Å². The highest BCUT2D eigenvalue weighted by molar-refractivity contribution is 7.99. The van der Waals surface area contributed by atoms with Crippen LogP contribution >= 0.6 is 11.8 Å². The number of carbonyl (C=O) groups excluding carboxylic acids is 1. The van der Waals surface area contributed by atoms with Gasteiger partial charge in [-0.3, -0.25) is 4.79 Å². The van der Waals surface area contributed by atoms with Gasteiger partial charge in [-0.05, 0) is 30.3 Å². The van der Waals surface area contributed by atoms with E-state index in [9.17, 15) is 18.0 Å². The number of para-hydroxylation sites is 1. The van der Waals surface area contributed by atoms with E-state index in [1.165, 1.54) is 13.2 Å². The summed E-state index contributed by atoms with van der Waals surface area (Å²) in [6.07, 6.45) is -4.45. The highest BCUT2D eigenvalue weighted by Gasteiger charge is 2.30. The van der Waals surface area contributed by atoms with Gasteiger partial charge in [0.1, 0.15) is 17.0 Å².